The third-order valence-electron chi connectivity index (χ3n) is 15.1. The van der Waals surface area contributed by atoms with Gasteiger partial charge in [-0.2, -0.15) is 0 Å². The minimum absolute atomic E-state index is 0.0113. The number of hydrogen-bond acceptors (Lipinski definition) is 9. The normalized spacial score (nSPS) is 28.4. The maximum Gasteiger partial charge on any atom is 0.407 e. The highest BCUT2D eigenvalue weighted by molar-refractivity contribution is 5.91. The van der Waals surface area contributed by atoms with Crippen LogP contribution in [0.3, 0.4) is 0 Å². The lowest BCUT2D eigenvalue weighted by Crippen LogP contribution is -2.55. The highest BCUT2D eigenvalue weighted by Gasteiger charge is 2.62. The lowest BCUT2D eigenvalue weighted by Gasteiger charge is -2.38. The third-order valence-corrected chi connectivity index (χ3v) is 15.1. The Kier molecular flexibility index (Phi) is 11.4. The van der Waals surface area contributed by atoms with Crippen LogP contribution in [0.25, 0.3) is 44.4 Å². The van der Waals surface area contributed by atoms with Gasteiger partial charge in [-0.05, 0) is 115 Å². The maximum atomic E-state index is 14.5. The second-order valence-electron chi connectivity index (χ2n) is 19.7. The zero-order valence-corrected chi connectivity index (χ0v) is 38.6. The summed E-state index contributed by atoms with van der Waals surface area (Å²) in [5.41, 5.74) is 5.93. The molecule has 12 atom stereocenters. The molecule has 2 aliphatic carbocycles. The summed E-state index contributed by atoms with van der Waals surface area (Å²) < 4.78 is 15.8. The number of carbonyl (C=O) groups is 4. The fourth-order valence-electron chi connectivity index (χ4n) is 11.5. The number of likely N-dealkylation sites (tertiary alicyclic amines) is 2. The van der Waals surface area contributed by atoms with Gasteiger partial charge < -0.3 is 44.6 Å². The quantitative estimate of drug-likeness (QED) is 0.102. The highest BCUT2D eigenvalue weighted by Crippen LogP contribution is 2.58. The van der Waals surface area contributed by atoms with Gasteiger partial charge in [-0.15, -0.1) is 0 Å². The van der Waals surface area contributed by atoms with Gasteiger partial charge in [0.15, 0.2) is 0 Å². The van der Waals surface area contributed by atoms with Crippen LogP contribution in [0.15, 0.2) is 73.1 Å². The standard InChI is InChI=1S/C51H60N8O7/c1-25(2)43(56-50(62)64-6)48(60)59-42(22-37-28(5)45(37)59)47-52-23-38(54-47)30-10-8-29(9-11-30)31-12-13-33-19-34(15-14-32(33)18-31)39-24-53-46(55-39)41-21-35-20-40(35)58(41)49(61)44(57-51(63)65-7)36-16-26(3)66-27(4)17-36/h8-15,18-19,23-28,35-37,40-45H,16-17,20-22H2,1-7H3,(H,52,54)(H,53,55)(H,56,62)(H,57,63)/t26-,27+,28-,35-,36?,37?,40-,41+,42+,43+,44?,45?/m1/s1. The number of ether oxygens (including phenoxy) is 3. The van der Waals surface area contributed by atoms with Gasteiger partial charge in [-0.3, -0.25) is 9.59 Å². The molecule has 0 spiro atoms. The number of imidazole rings is 2. The number of hydrogen-bond donors (Lipinski definition) is 4. The number of methoxy groups -OCH3 is 2. The van der Waals surface area contributed by atoms with E-state index in [1.165, 1.54) is 14.2 Å². The number of carbonyl (C=O) groups excluding carboxylic acids is 4. The van der Waals surface area contributed by atoms with Crippen LogP contribution in [0.1, 0.15) is 90.5 Å². The molecule has 3 aliphatic heterocycles. The average Bonchev–Trinajstić information content (AvgIpc) is 3.78. The fraction of sp³-hybridized carbons (Fsp3) is 0.490. The zero-order valence-electron chi connectivity index (χ0n) is 38.6. The number of alkyl carbamates (subject to hydrolysis) is 2. The van der Waals surface area contributed by atoms with Gasteiger partial charge in [0.2, 0.25) is 11.8 Å². The first-order valence-electron chi connectivity index (χ1n) is 23.5. The molecule has 4 unspecified atom stereocenters. The summed E-state index contributed by atoms with van der Waals surface area (Å²) in [6.07, 6.45) is 6.44. The second-order valence-corrected chi connectivity index (χ2v) is 19.7. The molecule has 0 radical (unpaired) electrons. The van der Waals surface area contributed by atoms with E-state index in [-0.39, 0.29) is 60.0 Å². The summed E-state index contributed by atoms with van der Waals surface area (Å²) in [6, 6.07) is 19.8. The van der Waals surface area contributed by atoms with Crippen LogP contribution in [0, 0.1) is 29.6 Å². The van der Waals surface area contributed by atoms with Crippen molar-refractivity contribution in [1.29, 1.82) is 0 Å². The van der Waals surface area contributed by atoms with Gasteiger partial charge in [-0.25, -0.2) is 19.6 Å². The number of fused-ring (bicyclic) bond motifs is 3. The van der Waals surface area contributed by atoms with Gasteiger partial charge in [-0.1, -0.05) is 69.3 Å². The van der Waals surface area contributed by atoms with E-state index in [9.17, 15) is 19.2 Å². The third kappa shape index (κ3) is 8.09. The topological polar surface area (TPSA) is 184 Å². The monoisotopic (exact) mass is 896 g/mol. The number of piperidine rings is 2. The van der Waals surface area contributed by atoms with Crippen molar-refractivity contribution in [3.63, 3.8) is 0 Å². The molecule has 5 heterocycles. The second kappa shape index (κ2) is 17.2. The minimum Gasteiger partial charge on any atom is -0.453 e. The van der Waals surface area contributed by atoms with Gasteiger partial charge in [0, 0.05) is 17.6 Å². The minimum atomic E-state index is -0.707. The number of aromatic amines is 2. The number of benzene rings is 3. The summed E-state index contributed by atoms with van der Waals surface area (Å²) in [6.45, 7) is 10.1. The Bertz CT molecular complexity index is 2650. The maximum absolute atomic E-state index is 14.5. The number of nitrogens with one attached hydrogen (secondary N) is 4. The average molecular weight is 897 g/mol. The molecule has 5 aromatic rings. The Morgan fingerprint density at radius 2 is 1.24 bits per heavy atom. The lowest BCUT2D eigenvalue weighted by molar-refractivity contribution is -0.140. The van der Waals surface area contributed by atoms with Crippen LogP contribution in [0.5, 0.6) is 0 Å². The van der Waals surface area contributed by atoms with Crippen molar-refractivity contribution in [1.82, 2.24) is 40.4 Å². The molecule has 3 saturated heterocycles. The molecule has 4 N–H and O–H groups in total. The Morgan fingerprint density at radius 3 is 1.88 bits per heavy atom. The summed E-state index contributed by atoms with van der Waals surface area (Å²) in [7, 11) is 2.63. The van der Waals surface area contributed by atoms with E-state index in [0.29, 0.717) is 30.6 Å². The number of nitrogens with zero attached hydrogens (tertiary/aromatic N) is 4. The molecule has 10 rings (SSSR count). The van der Waals surface area contributed by atoms with E-state index in [4.69, 9.17) is 24.2 Å². The fourth-order valence-corrected chi connectivity index (χ4v) is 11.5. The number of amides is 4. The molecular formula is C51H60N8O7. The molecule has 15 nitrogen and oxygen atoms in total. The smallest absolute Gasteiger partial charge is 0.407 e. The Morgan fingerprint density at radius 1 is 0.682 bits per heavy atom. The molecule has 0 bridgehead atoms. The van der Waals surface area contributed by atoms with Crippen LogP contribution in [-0.2, 0) is 23.8 Å². The van der Waals surface area contributed by atoms with Gasteiger partial charge in [0.1, 0.15) is 23.7 Å². The SMILES string of the molecule is COC(=O)NC(C(=O)N1[C@@H]2C[C@@H]2C[C@H]1c1ncc(-c2ccc3cc(-c4ccc(-c5cnc([C@@H]6CC7C([C@@H]7C)N6C(=O)[C@@H](NC(=O)OC)C(C)C)[nH]5)cc4)ccc3c2)[nH]1)C1C[C@@H](C)O[C@@H](C)C1. The van der Waals surface area contributed by atoms with E-state index in [0.717, 1.165) is 75.3 Å². The van der Waals surface area contributed by atoms with E-state index in [1.807, 2.05) is 49.9 Å². The van der Waals surface area contributed by atoms with Gasteiger partial charge in [0.05, 0.1) is 62.3 Å². The molecule has 5 aliphatic rings. The highest BCUT2D eigenvalue weighted by atomic mass is 16.5. The van der Waals surface area contributed by atoms with Crippen LogP contribution in [0.2, 0.25) is 0 Å². The summed E-state index contributed by atoms with van der Waals surface area (Å²) in [4.78, 5) is 73.8. The van der Waals surface area contributed by atoms with E-state index >= 15 is 0 Å². The van der Waals surface area contributed by atoms with Crippen LogP contribution in [0.4, 0.5) is 9.59 Å². The summed E-state index contributed by atoms with van der Waals surface area (Å²) >= 11 is 0. The first-order chi connectivity index (χ1) is 31.8. The predicted molar refractivity (Wildman–Crippen MR) is 248 cm³/mol. The number of aromatic nitrogens is 4. The first kappa shape index (κ1) is 43.7. The number of H-pyrrole nitrogens is 2. The molecule has 2 aromatic heterocycles. The molecule has 5 fully saturated rings. The Hall–Kier alpha value is -6.22. The van der Waals surface area contributed by atoms with E-state index in [1.54, 1.807) is 0 Å². The van der Waals surface area contributed by atoms with E-state index < -0.39 is 24.3 Å². The van der Waals surface area contributed by atoms with Crippen LogP contribution < -0.4 is 10.6 Å². The Labute approximate surface area is 384 Å². The summed E-state index contributed by atoms with van der Waals surface area (Å²) in [5.74, 6) is 2.40. The zero-order chi connectivity index (χ0) is 46.1. The van der Waals surface area contributed by atoms with Crippen molar-refractivity contribution < 1.29 is 33.4 Å². The molecular weight excluding hydrogens is 837 g/mol. The van der Waals surface area contributed by atoms with Gasteiger partial charge >= 0.3 is 12.2 Å². The van der Waals surface area contributed by atoms with Crippen molar-refractivity contribution in [2.75, 3.05) is 14.2 Å². The lowest BCUT2D eigenvalue weighted by atomic mass is 9.85. The van der Waals surface area contributed by atoms with Crippen molar-refractivity contribution in [2.45, 2.75) is 115 Å². The molecule has 4 amide bonds. The van der Waals surface area contributed by atoms with Crippen molar-refractivity contribution in [3.8, 4) is 33.6 Å². The molecule has 346 valence electrons. The number of rotatable bonds is 11. The molecule has 66 heavy (non-hydrogen) atoms. The van der Waals surface area contributed by atoms with Gasteiger partial charge in [0.25, 0.3) is 0 Å². The largest absolute Gasteiger partial charge is 0.453 e. The van der Waals surface area contributed by atoms with Crippen molar-refractivity contribution in [3.05, 3.63) is 84.7 Å². The van der Waals surface area contributed by atoms with Crippen LogP contribution in [-0.4, -0.2) is 104 Å². The molecule has 15 heteroatoms. The Balaban J connectivity index is 0.824. The predicted octanol–water partition coefficient (Wildman–Crippen LogP) is 8.17. The summed E-state index contributed by atoms with van der Waals surface area (Å²) in [5, 5.41) is 7.86. The van der Waals surface area contributed by atoms with Crippen LogP contribution >= 0.6 is 0 Å². The van der Waals surface area contributed by atoms with Crippen molar-refractivity contribution in [2.24, 2.45) is 29.6 Å². The first-order valence-corrected chi connectivity index (χ1v) is 23.5. The molecule has 2 saturated carbocycles. The van der Waals surface area contributed by atoms with Crippen molar-refractivity contribution >= 4 is 34.8 Å². The molecule has 3 aromatic carbocycles. The van der Waals surface area contributed by atoms with E-state index in [2.05, 4.69) is 88.2 Å².